The molecule has 9 heteroatoms. The number of aromatic amines is 1. The summed E-state index contributed by atoms with van der Waals surface area (Å²) in [5.41, 5.74) is 2.82. The number of benzene rings is 2. The molecule has 1 aliphatic heterocycles. The lowest BCUT2D eigenvalue weighted by Crippen LogP contribution is -2.13. The van der Waals surface area contributed by atoms with Crippen molar-refractivity contribution in [2.24, 2.45) is 0 Å². The van der Waals surface area contributed by atoms with Crippen LogP contribution in [0, 0.1) is 8.98 Å². The van der Waals surface area contributed by atoms with Crippen molar-refractivity contribution >= 4 is 45.5 Å². The lowest BCUT2D eigenvalue weighted by atomic mass is 10.1. The largest absolute Gasteiger partial charge is 0.454 e. The van der Waals surface area contributed by atoms with Gasteiger partial charge in [-0.3, -0.25) is 5.41 Å². The third-order valence-electron chi connectivity index (χ3n) is 4.62. The monoisotopic (exact) mass is 517 g/mol. The summed E-state index contributed by atoms with van der Waals surface area (Å²) < 4.78 is 14.0. The molecule has 2 aromatic carbocycles. The Kier molecular flexibility index (Phi) is 4.92. The number of hydrogen-bond acceptors (Lipinski definition) is 6. The van der Waals surface area contributed by atoms with Crippen molar-refractivity contribution in [3.05, 3.63) is 63.4 Å². The van der Waals surface area contributed by atoms with Crippen molar-refractivity contribution in [2.75, 3.05) is 6.79 Å². The second kappa shape index (κ2) is 7.71. The van der Waals surface area contributed by atoms with Crippen LogP contribution in [0.1, 0.15) is 5.56 Å². The van der Waals surface area contributed by atoms with Gasteiger partial charge in [-0.05, 0) is 46.7 Å². The zero-order valence-corrected chi connectivity index (χ0v) is 18.2. The Labute approximate surface area is 184 Å². The fourth-order valence-electron chi connectivity index (χ4n) is 3.15. The van der Waals surface area contributed by atoms with Crippen LogP contribution in [-0.4, -0.2) is 26.3 Å². The van der Waals surface area contributed by atoms with Crippen LogP contribution in [0.15, 0.2) is 58.8 Å². The van der Waals surface area contributed by atoms with Gasteiger partial charge in [-0.2, -0.15) is 0 Å². The van der Waals surface area contributed by atoms with Gasteiger partial charge in [0.25, 0.3) is 0 Å². The van der Waals surface area contributed by atoms with E-state index in [1.807, 2.05) is 34.9 Å². The molecule has 0 spiro atoms. The molecule has 0 atom stereocenters. The van der Waals surface area contributed by atoms with Gasteiger partial charge >= 0.3 is 0 Å². The number of imidazole rings is 1. The molecular weight excluding hydrogens is 501 g/mol. The molecule has 2 N–H and O–H groups in total. The van der Waals surface area contributed by atoms with Crippen LogP contribution >= 0.6 is 34.4 Å². The van der Waals surface area contributed by atoms with Gasteiger partial charge in [-0.25, -0.2) is 9.97 Å². The third-order valence-corrected chi connectivity index (χ3v) is 6.82. The maximum Gasteiger partial charge on any atom is 0.231 e. The van der Waals surface area contributed by atoms with Crippen molar-refractivity contribution in [2.45, 2.75) is 23.0 Å². The quantitative estimate of drug-likeness (QED) is 0.392. The molecular formula is C20H16IN5O2S. The molecule has 0 amide bonds. The smallest absolute Gasteiger partial charge is 0.231 e. The first-order valence-corrected chi connectivity index (χ1v) is 10.9. The second-order valence-electron chi connectivity index (χ2n) is 6.50. The first-order chi connectivity index (χ1) is 14.2. The first kappa shape index (κ1) is 18.5. The highest BCUT2D eigenvalue weighted by Gasteiger charge is 2.18. The van der Waals surface area contributed by atoms with E-state index in [0.29, 0.717) is 10.7 Å². The average Bonchev–Trinajstić information content (AvgIpc) is 3.36. The maximum atomic E-state index is 8.15. The Morgan fingerprint density at radius 2 is 1.97 bits per heavy atom. The van der Waals surface area contributed by atoms with E-state index in [1.165, 1.54) is 17.3 Å². The highest BCUT2D eigenvalue weighted by Crippen LogP contribution is 2.40. The van der Waals surface area contributed by atoms with Crippen LogP contribution in [0.25, 0.3) is 11.2 Å². The zero-order chi connectivity index (χ0) is 19.8. The normalized spacial score (nSPS) is 12.6. The second-order valence-corrected chi connectivity index (χ2v) is 8.69. The van der Waals surface area contributed by atoms with E-state index in [1.54, 1.807) is 6.33 Å². The Bertz CT molecular complexity index is 1260. The number of hydrogen-bond donors (Lipinski definition) is 2. The summed E-state index contributed by atoms with van der Waals surface area (Å²) in [5.74, 6) is 1.50. The van der Waals surface area contributed by atoms with Crippen LogP contribution in [0.2, 0.25) is 0 Å². The fourth-order valence-corrected chi connectivity index (χ4v) is 4.73. The fraction of sp³-hybridized carbons (Fsp3) is 0.150. The zero-order valence-electron chi connectivity index (χ0n) is 15.2. The molecule has 5 rings (SSSR count). The molecule has 1 aliphatic rings. The molecule has 0 aliphatic carbocycles. The highest BCUT2D eigenvalue weighted by atomic mass is 127. The number of nitrogens with zero attached hydrogens (tertiary/aromatic N) is 3. The summed E-state index contributed by atoms with van der Waals surface area (Å²) in [7, 11) is 0. The van der Waals surface area contributed by atoms with Gasteiger partial charge in [0.1, 0.15) is 5.52 Å². The van der Waals surface area contributed by atoms with E-state index < -0.39 is 0 Å². The molecule has 146 valence electrons. The van der Waals surface area contributed by atoms with Gasteiger partial charge in [0.2, 0.25) is 6.79 Å². The van der Waals surface area contributed by atoms with Crippen LogP contribution in [0.5, 0.6) is 11.5 Å². The predicted molar refractivity (Wildman–Crippen MR) is 117 cm³/mol. The number of fused-ring (bicyclic) bond motifs is 2. The van der Waals surface area contributed by atoms with E-state index in [0.717, 1.165) is 38.6 Å². The lowest BCUT2D eigenvalue weighted by molar-refractivity contribution is 0.174. The molecule has 0 bridgehead atoms. The highest BCUT2D eigenvalue weighted by molar-refractivity contribution is 14.1. The number of aromatic nitrogens is 4. The summed E-state index contributed by atoms with van der Waals surface area (Å²) in [6.45, 7) is 0.990. The van der Waals surface area contributed by atoms with Crippen molar-refractivity contribution in [1.82, 2.24) is 19.5 Å². The number of aryl methyl sites for hydroxylation is 2. The molecule has 4 aromatic rings. The Balaban J connectivity index is 1.45. The van der Waals surface area contributed by atoms with E-state index in [2.05, 4.69) is 44.7 Å². The minimum atomic E-state index is 0.190. The summed E-state index contributed by atoms with van der Waals surface area (Å²) in [4.78, 5) is 13.2. The predicted octanol–water partition coefficient (Wildman–Crippen LogP) is 3.97. The SMILES string of the molecule is N=c1ncn(CCc2ccccc2)c2nc(Sc3cc4c(cc3I)OCO4)[nH]c12. The number of nitrogens with one attached hydrogen (secondary N) is 2. The lowest BCUT2D eigenvalue weighted by Gasteiger charge is -2.06. The topological polar surface area (TPSA) is 88.8 Å². The van der Waals surface area contributed by atoms with Gasteiger partial charge in [0.15, 0.2) is 27.8 Å². The van der Waals surface area contributed by atoms with Gasteiger partial charge in [-0.15, -0.1) is 0 Å². The van der Waals surface area contributed by atoms with Crippen LogP contribution in [0.4, 0.5) is 0 Å². The molecule has 3 heterocycles. The Hall–Kier alpha value is -2.53. The van der Waals surface area contributed by atoms with E-state index >= 15 is 0 Å². The Morgan fingerprint density at radius 1 is 1.17 bits per heavy atom. The molecule has 0 radical (unpaired) electrons. The standard InChI is InChI=1S/C20H16IN5O2S/c21-13-8-14-15(28-11-27-14)9-16(13)29-20-24-17-18(22)23-10-26(19(17)25-20)7-6-12-4-2-1-3-5-12/h1-5,8-10,22H,6-7,11H2,(H,24,25). The van der Waals surface area contributed by atoms with Crippen LogP contribution in [0.3, 0.4) is 0 Å². The number of halogens is 1. The van der Waals surface area contributed by atoms with Crippen molar-refractivity contribution < 1.29 is 9.47 Å². The summed E-state index contributed by atoms with van der Waals surface area (Å²) in [6.07, 6.45) is 2.56. The maximum absolute atomic E-state index is 8.15. The minimum absolute atomic E-state index is 0.190. The number of ether oxygens (including phenoxy) is 2. The molecule has 0 saturated carbocycles. The van der Waals surface area contributed by atoms with E-state index in [-0.39, 0.29) is 12.3 Å². The van der Waals surface area contributed by atoms with Crippen LogP contribution in [-0.2, 0) is 13.0 Å². The van der Waals surface area contributed by atoms with Crippen LogP contribution < -0.4 is 15.0 Å². The summed E-state index contributed by atoms with van der Waals surface area (Å²) >= 11 is 3.78. The van der Waals surface area contributed by atoms with Gasteiger partial charge in [0, 0.05) is 15.0 Å². The molecule has 0 unspecified atom stereocenters. The Morgan fingerprint density at radius 3 is 2.79 bits per heavy atom. The van der Waals surface area contributed by atoms with Crippen molar-refractivity contribution in [3.8, 4) is 11.5 Å². The molecule has 7 nitrogen and oxygen atoms in total. The first-order valence-electron chi connectivity index (χ1n) is 8.98. The minimum Gasteiger partial charge on any atom is -0.454 e. The average molecular weight is 517 g/mol. The molecule has 0 fully saturated rings. The number of rotatable bonds is 5. The molecule has 0 saturated heterocycles. The van der Waals surface area contributed by atoms with Gasteiger partial charge < -0.3 is 19.0 Å². The van der Waals surface area contributed by atoms with E-state index in [4.69, 9.17) is 19.9 Å². The third kappa shape index (κ3) is 3.71. The number of H-pyrrole nitrogens is 1. The summed E-state index contributed by atoms with van der Waals surface area (Å²) in [6, 6.07) is 14.2. The van der Waals surface area contributed by atoms with Crippen molar-refractivity contribution in [3.63, 3.8) is 0 Å². The van der Waals surface area contributed by atoms with Gasteiger partial charge in [0.05, 0.1) is 6.33 Å². The van der Waals surface area contributed by atoms with E-state index in [9.17, 15) is 0 Å². The summed E-state index contributed by atoms with van der Waals surface area (Å²) in [5, 5.41) is 8.86. The van der Waals surface area contributed by atoms with Crippen molar-refractivity contribution in [1.29, 1.82) is 5.41 Å². The van der Waals surface area contributed by atoms with Gasteiger partial charge in [-0.1, -0.05) is 42.1 Å². The molecule has 2 aromatic heterocycles. The molecule has 29 heavy (non-hydrogen) atoms.